The number of hydrogen-bond acceptors (Lipinski definition) is 3. The summed E-state index contributed by atoms with van der Waals surface area (Å²) in [7, 11) is 0. The number of aliphatic hydroxyl groups is 1. The molecule has 27 heavy (non-hydrogen) atoms. The molecule has 0 amide bonds. The van der Waals surface area contributed by atoms with E-state index in [2.05, 4.69) is 13.8 Å². The molecule has 0 radical (unpaired) electrons. The van der Waals surface area contributed by atoms with Crippen molar-refractivity contribution in [2.24, 2.45) is 34.5 Å². The average Bonchev–Trinajstić information content (AvgIpc) is 2.92. The monoisotopic (exact) mass is 374 g/mol. The van der Waals surface area contributed by atoms with Crippen LogP contribution in [0.5, 0.6) is 0 Å². The van der Waals surface area contributed by atoms with E-state index in [-0.39, 0.29) is 23.2 Å². The van der Waals surface area contributed by atoms with Gasteiger partial charge in [-0.25, -0.2) is 0 Å². The number of carboxylic acid groups (broad SMARTS) is 1. The fourth-order valence-electron chi connectivity index (χ4n) is 8.01. The number of fused-ring (bicyclic) bond motifs is 5. The Morgan fingerprint density at radius 3 is 2.59 bits per heavy atom. The Morgan fingerprint density at radius 1 is 1.15 bits per heavy atom. The number of ketones is 1. The van der Waals surface area contributed by atoms with E-state index >= 15 is 0 Å². The van der Waals surface area contributed by atoms with Crippen molar-refractivity contribution in [3.05, 3.63) is 11.6 Å². The standard InChI is InChI=1S/C23H34O4/c1-21-10-8-15(24)12-14(21)4-5-16-17-6-7-19(23(3,27)13-20(25)26)22(17,2)11-9-18(16)21/h12,16-19,27H,4-11,13H2,1-3H3,(H,25,26)/t16-,17-,18-,19-,21-,22-,23+/m0/s1. The molecule has 3 fully saturated rings. The predicted octanol–water partition coefficient (Wildman–Crippen LogP) is 4.36. The Bertz CT molecular complexity index is 692. The van der Waals surface area contributed by atoms with Crippen LogP contribution in [0.2, 0.25) is 0 Å². The SMILES string of the molecule is C[C@]12CC[C@H]3[C@@H](CCC4=CC(=O)CC[C@@]43C)[C@@H]1CC[C@@H]2[C@](C)(O)CC(=O)O. The van der Waals surface area contributed by atoms with Crippen LogP contribution in [0.4, 0.5) is 0 Å². The minimum absolute atomic E-state index is 0.0299. The van der Waals surface area contributed by atoms with Crippen LogP contribution in [-0.4, -0.2) is 27.6 Å². The van der Waals surface area contributed by atoms with Gasteiger partial charge in [0.15, 0.2) is 5.78 Å². The van der Waals surface area contributed by atoms with Gasteiger partial charge in [-0.05, 0) is 92.4 Å². The number of carbonyl (C=O) groups excluding carboxylic acids is 1. The zero-order valence-corrected chi connectivity index (χ0v) is 17.0. The maximum Gasteiger partial charge on any atom is 0.306 e. The summed E-state index contributed by atoms with van der Waals surface area (Å²) in [4.78, 5) is 23.2. The van der Waals surface area contributed by atoms with Gasteiger partial charge in [-0.1, -0.05) is 19.4 Å². The smallest absolute Gasteiger partial charge is 0.306 e. The number of carbonyl (C=O) groups is 2. The zero-order valence-electron chi connectivity index (χ0n) is 17.0. The molecule has 0 aromatic heterocycles. The van der Waals surface area contributed by atoms with E-state index in [0.717, 1.165) is 44.9 Å². The Morgan fingerprint density at radius 2 is 1.89 bits per heavy atom. The van der Waals surface area contributed by atoms with Crippen LogP contribution < -0.4 is 0 Å². The van der Waals surface area contributed by atoms with Gasteiger partial charge in [0.05, 0.1) is 12.0 Å². The van der Waals surface area contributed by atoms with Crippen LogP contribution in [0.15, 0.2) is 11.6 Å². The second-order valence-electron chi connectivity index (χ2n) is 10.6. The first kappa shape index (κ1) is 19.2. The highest BCUT2D eigenvalue weighted by molar-refractivity contribution is 5.91. The molecule has 0 spiro atoms. The van der Waals surface area contributed by atoms with Crippen molar-refractivity contribution in [1.29, 1.82) is 0 Å². The van der Waals surface area contributed by atoms with Crippen LogP contribution in [0.25, 0.3) is 0 Å². The first-order chi connectivity index (χ1) is 12.6. The van der Waals surface area contributed by atoms with E-state index < -0.39 is 11.6 Å². The predicted molar refractivity (Wildman–Crippen MR) is 103 cm³/mol. The van der Waals surface area contributed by atoms with Crippen molar-refractivity contribution in [1.82, 2.24) is 0 Å². The molecular formula is C23H34O4. The summed E-state index contributed by atoms with van der Waals surface area (Å²) in [6.45, 7) is 6.44. The van der Waals surface area contributed by atoms with Crippen molar-refractivity contribution in [2.75, 3.05) is 0 Å². The van der Waals surface area contributed by atoms with Gasteiger partial charge < -0.3 is 10.2 Å². The molecular weight excluding hydrogens is 340 g/mol. The van der Waals surface area contributed by atoms with Gasteiger partial charge in [0, 0.05) is 6.42 Å². The quantitative estimate of drug-likeness (QED) is 0.770. The number of hydrogen-bond donors (Lipinski definition) is 2. The second-order valence-corrected chi connectivity index (χ2v) is 10.6. The minimum atomic E-state index is -1.14. The number of carboxylic acids is 1. The highest BCUT2D eigenvalue weighted by Crippen LogP contribution is 2.68. The molecule has 4 heteroatoms. The topological polar surface area (TPSA) is 74.6 Å². The molecule has 150 valence electrons. The first-order valence-corrected chi connectivity index (χ1v) is 10.8. The molecule has 0 aromatic carbocycles. The Kier molecular flexibility index (Phi) is 4.38. The Hall–Kier alpha value is -1.16. The van der Waals surface area contributed by atoms with E-state index in [1.165, 1.54) is 5.57 Å². The molecule has 0 heterocycles. The summed E-state index contributed by atoms with van der Waals surface area (Å²) in [5.74, 6) is 1.29. The van der Waals surface area contributed by atoms with Gasteiger partial charge in [-0.2, -0.15) is 0 Å². The largest absolute Gasteiger partial charge is 0.481 e. The lowest BCUT2D eigenvalue weighted by atomic mass is 9.46. The molecule has 4 rings (SSSR count). The van der Waals surface area contributed by atoms with Crippen molar-refractivity contribution in [2.45, 2.75) is 84.2 Å². The van der Waals surface area contributed by atoms with Crippen LogP contribution in [0, 0.1) is 34.5 Å². The lowest BCUT2D eigenvalue weighted by Gasteiger charge is -2.59. The van der Waals surface area contributed by atoms with Crippen LogP contribution in [-0.2, 0) is 9.59 Å². The van der Waals surface area contributed by atoms with Gasteiger partial charge in [-0.3, -0.25) is 9.59 Å². The molecule has 0 saturated heterocycles. The van der Waals surface area contributed by atoms with Gasteiger partial charge >= 0.3 is 5.97 Å². The lowest BCUT2D eigenvalue weighted by molar-refractivity contribution is -0.150. The summed E-state index contributed by atoms with van der Waals surface area (Å²) in [6, 6.07) is 0. The highest BCUT2D eigenvalue weighted by atomic mass is 16.4. The third kappa shape index (κ3) is 2.82. The van der Waals surface area contributed by atoms with Crippen molar-refractivity contribution in [3.63, 3.8) is 0 Å². The fraction of sp³-hybridized carbons (Fsp3) is 0.826. The molecule has 7 atom stereocenters. The summed E-state index contributed by atoms with van der Waals surface area (Å²) in [5, 5.41) is 20.3. The van der Waals surface area contributed by atoms with Crippen LogP contribution in [0.3, 0.4) is 0 Å². The summed E-state index contributed by atoms with van der Waals surface area (Å²) >= 11 is 0. The van der Waals surface area contributed by atoms with E-state index in [9.17, 15) is 19.8 Å². The average molecular weight is 375 g/mol. The van der Waals surface area contributed by atoms with Gasteiger partial charge in [-0.15, -0.1) is 0 Å². The highest BCUT2D eigenvalue weighted by Gasteiger charge is 2.61. The Labute approximate surface area is 162 Å². The third-order valence-electron chi connectivity index (χ3n) is 9.22. The number of aliphatic carboxylic acids is 1. The molecule has 2 N–H and O–H groups in total. The van der Waals surface area contributed by atoms with E-state index in [1.807, 2.05) is 6.08 Å². The summed E-state index contributed by atoms with van der Waals surface area (Å²) in [5.41, 5.74) is 0.446. The molecule has 3 saturated carbocycles. The molecule has 0 aliphatic heterocycles. The molecule has 4 aliphatic carbocycles. The maximum absolute atomic E-state index is 11.9. The van der Waals surface area contributed by atoms with Crippen LogP contribution >= 0.6 is 0 Å². The van der Waals surface area contributed by atoms with Gasteiger partial charge in [0.1, 0.15) is 0 Å². The van der Waals surface area contributed by atoms with Gasteiger partial charge in [0.25, 0.3) is 0 Å². The summed E-state index contributed by atoms with van der Waals surface area (Å²) < 4.78 is 0. The number of allylic oxidation sites excluding steroid dienone is 1. The Balaban J connectivity index is 1.62. The van der Waals surface area contributed by atoms with E-state index in [1.54, 1.807) is 6.92 Å². The number of rotatable bonds is 3. The first-order valence-electron chi connectivity index (χ1n) is 10.8. The van der Waals surface area contributed by atoms with Crippen LogP contribution in [0.1, 0.15) is 78.6 Å². The van der Waals surface area contributed by atoms with Crippen molar-refractivity contribution >= 4 is 11.8 Å². The fourth-order valence-corrected chi connectivity index (χ4v) is 8.01. The van der Waals surface area contributed by atoms with E-state index in [0.29, 0.717) is 30.0 Å². The summed E-state index contributed by atoms with van der Waals surface area (Å²) in [6.07, 6.45) is 9.87. The molecule has 4 nitrogen and oxygen atoms in total. The zero-order chi connectivity index (χ0) is 19.6. The molecule has 0 unspecified atom stereocenters. The molecule has 0 aromatic rings. The molecule has 0 bridgehead atoms. The van der Waals surface area contributed by atoms with Crippen molar-refractivity contribution < 1.29 is 19.8 Å². The lowest BCUT2D eigenvalue weighted by Crippen LogP contribution is -2.53. The van der Waals surface area contributed by atoms with E-state index in [4.69, 9.17) is 0 Å². The third-order valence-corrected chi connectivity index (χ3v) is 9.22. The molecule has 4 aliphatic rings. The normalized spacial score (nSPS) is 45.9. The minimum Gasteiger partial charge on any atom is -0.481 e. The van der Waals surface area contributed by atoms with Gasteiger partial charge in [0.2, 0.25) is 0 Å². The van der Waals surface area contributed by atoms with Crippen molar-refractivity contribution in [3.8, 4) is 0 Å². The second kappa shape index (κ2) is 6.17. The maximum atomic E-state index is 11.9.